The molecule has 4 aliphatic carbocycles. The quantitative estimate of drug-likeness (QED) is 0.896. The van der Waals surface area contributed by atoms with Crippen molar-refractivity contribution in [2.24, 2.45) is 23.7 Å². The number of nitrogens with one attached hydrogen (secondary N) is 2. The van der Waals surface area contributed by atoms with Crippen molar-refractivity contribution < 1.29 is 9.21 Å². The highest BCUT2D eigenvalue weighted by atomic mass is 16.3. The van der Waals surface area contributed by atoms with Crippen LogP contribution in [0.3, 0.4) is 0 Å². The number of carbonyl (C=O) groups is 1. The molecule has 0 radical (unpaired) electrons. The number of H-pyrrole nitrogens is 1. The van der Waals surface area contributed by atoms with Gasteiger partial charge in [-0.1, -0.05) is 0 Å². The van der Waals surface area contributed by atoms with Gasteiger partial charge in [0.1, 0.15) is 5.69 Å². The Morgan fingerprint density at radius 1 is 1.40 bits per heavy atom. The first-order valence-corrected chi connectivity index (χ1v) is 7.21. The monoisotopic (exact) mass is 269 g/mol. The van der Waals surface area contributed by atoms with Crippen LogP contribution in [0.15, 0.2) is 28.9 Å². The molecule has 5 heteroatoms. The SMILES string of the molecule is O=C(NC1C2CC3C(C2)C31)c1cc(-c2ccco2)[nH]n1. The highest BCUT2D eigenvalue weighted by molar-refractivity contribution is 5.93. The number of rotatable bonds is 3. The van der Waals surface area contributed by atoms with Gasteiger partial charge in [0.25, 0.3) is 5.91 Å². The van der Waals surface area contributed by atoms with E-state index in [9.17, 15) is 4.79 Å². The van der Waals surface area contributed by atoms with E-state index in [-0.39, 0.29) is 5.91 Å². The van der Waals surface area contributed by atoms with Crippen molar-refractivity contribution in [2.45, 2.75) is 18.9 Å². The largest absolute Gasteiger partial charge is 0.463 e. The van der Waals surface area contributed by atoms with E-state index in [0.717, 1.165) is 23.4 Å². The number of hydrogen-bond donors (Lipinski definition) is 2. The standard InChI is InChI=1S/C15H15N3O2/c19-15(16-14-7-4-8-9(5-7)13(8)14)11-6-10(17-18-11)12-2-1-3-20-12/h1-3,6-9,13-14H,4-5H2,(H,16,19)(H,17,18). The van der Waals surface area contributed by atoms with Crippen molar-refractivity contribution in [1.82, 2.24) is 15.5 Å². The van der Waals surface area contributed by atoms with E-state index in [4.69, 9.17) is 4.42 Å². The van der Waals surface area contributed by atoms with Crippen LogP contribution in [0.4, 0.5) is 0 Å². The van der Waals surface area contributed by atoms with Gasteiger partial charge in [-0.2, -0.15) is 5.10 Å². The van der Waals surface area contributed by atoms with Crippen molar-refractivity contribution >= 4 is 5.91 Å². The predicted molar refractivity (Wildman–Crippen MR) is 70.7 cm³/mol. The lowest BCUT2D eigenvalue weighted by molar-refractivity contribution is 0.0923. The summed E-state index contributed by atoms with van der Waals surface area (Å²) in [6.07, 6.45) is 4.24. The summed E-state index contributed by atoms with van der Waals surface area (Å²) in [4.78, 5) is 12.3. The highest BCUT2D eigenvalue weighted by Crippen LogP contribution is 2.70. The molecule has 4 fully saturated rings. The second-order valence-electron chi connectivity index (χ2n) is 6.28. The maximum Gasteiger partial charge on any atom is 0.272 e. The number of nitrogens with zero attached hydrogens (tertiary/aromatic N) is 1. The number of aromatic nitrogens is 2. The molecule has 6 rings (SSSR count). The maximum absolute atomic E-state index is 12.3. The summed E-state index contributed by atoms with van der Waals surface area (Å²) >= 11 is 0. The van der Waals surface area contributed by atoms with Gasteiger partial charge in [-0.25, -0.2) is 0 Å². The molecule has 4 bridgehead atoms. The van der Waals surface area contributed by atoms with E-state index in [0.29, 0.717) is 23.4 Å². The molecular formula is C15H15N3O2. The van der Waals surface area contributed by atoms with Crippen molar-refractivity contribution in [1.29, 1.82) is 0 Å². The number of aromatic amines is 1. The molecule has 0 spiro atoms. The Kier molecular flexibility index (Phi) is 1.89. The van der Waals surface area contributed by atoms with Crippen molar-refractivity contribution in [3.05, 3.63) is 30.2 Å². The van der Waals surface area contributed by atoms with Crippen LogP contribution in [-0.4, -0.2) is 22.1 Å². The fourth-order valence-corrected chi connectivity index (χ4v) is 4.51. The smallest absolute Gasteiger partial charge is 0.272 e. The second-order valence-corrected chi connectivity index (χ2v) is 6.28. The third-order valence-electron chi connectivity index (χ3n) is 5.37. The number of furan rings is 1. The fourth-order valence-electron chi connectivity index (χ4n) is 4.51. The molecule has 2 aromatic heterocycles. The van der Waals surface area contributed by atoms with Crippen LogP contribution in [0.25, 0.3) is 11.5 Å². The molecule has 0 aliphatic heterocycles. The van der Waals surface area contributed by atoms with E-state index in [2.05, 4.69) is 15.5 Å². The molecule has 0 saturated heterocycles. The first-order chi connectivity index (χ1) is 9.81. The first kappa shape index (κ1) is 10.7. The third-order valence-corrected chi connectivity index (χ3v) is 5.37. The lowest BCUT2D eigenvalue weighted by atomic mass is 10.1. The number of carbonyl (C=O) groups excluding carboxylic acids is 1. The molecule has 1 amide bonds. The van der Waals surface area contributed by atoms with Crippen LogP contribution >= 0.6 is 0 Å². The minimum atomic E-state index is -0.0674. The summed E-state index contributed by atoms with van der Waals surface area (Å²) in [6, 6.07) is 5.80. The van der Waals surface area contributed by atoms with E-state index in [1.54, 1.807) is 12.3 Å². The van der Waals surface area contributed by atoms with Gasteiger partial charge in [0.05, 0.1) is 6.26 Å². The van der Waals surface area contributed by atoms with Crippen LogP contribution in [-0.2, 0) is 0 Å². The Morgan fingerprint density at radius 3 is 2.90 bits per heavy atom. The minimum absolute atomic E-state index is 0.0674. The summed E-state index contributed by atoms with van der Waals surface area (Å²) in [5, 5.41) is 10.1. The summed E-state index contributed by atoms with van der Waals surface area (Å²) < 4.78 is 5.29. The zero-order valence-electron chi connectivity index (χ0n) is 10.9. The van der Waals surface area contributed by atoms with E-state index >= 15 is 0 Å². The molecule has 2 N–H and O–H groups in total. The van der Waals surface area contributed by atoms with Crippen molar-refractivity contribution in [3.63, 3.8) is 0 Å². The zero-order valence-corrected chi connectivity index (χ0v) is 10.9. The molecule has 5 nitrogen and oxygen atoms in total. The summed E-state index contributed by atoms with van der Waals surface area (Å²) in [6.45, 7) is 0. The second kappa shape index (κ2) is 3.53. The molecule has 4 aliphatic rings. The van der Waals surface area contributed by atoms with Crippen LogP contribution in [0.5, 0.6) is 0 Å². The summed E-state index contributed by atoms with van der Waals surface area (Å²) in [5.74, 6) is 3.91. The molecule has 3 unspecified atom stereocenters. The molecule has 102 valence electrons. The molecular weight excluding hydrogens is 254 g/mol. The zero-order chi connectivity index (χ0) is 13.3. The van der Waals surface area contributed by atoms with E-state index in [1.807, 2.05) is 12.1 Å². The van der Waals surface area contributed by atoms with Crippen molar-refractivity contribution in [2.75, 3.05) is 0 Å². The molecule has 4 saturated carbocycles. The lowest BCUT2D eigenvalue weighted by Crippen LogP contribution is -2.37. The molecule has 3 atom stereocenters. The van der Waals surface area contributed by atoms with Gasteiger partial charge in [0, 0.05) is 12.1 Å². The van der Waals surface area contributed by atoms with Gasteiger partial charge in [-0.05, 0) is 48.6 Å². The average Bonchev–Trinajstić information content (AvgIpc) is 3.09. The molecule has 2 aromatic rings. The first-order valence-electron chi connectivity index (χ1n) is 7.21. The Labute approximate surface area is 115 Å². The summed E-state index contributed by atoms with van der Waals surface area (Å²) in [7, 11) is 0. The number of amides is 1. The van der Waals surface area contributed by atoms with E-state index < -0.39 is 0 Å². The topological polar surface area (TPSA) is 70.9 Å². The normalized spacial score (nSPS) is 36.3. The van der Waals surface area contributed by atoms with Crippen LogP contribution in [0.2, 0.25) is 0 Å². The average molecular weight is 269 g/mol. The fraction of sp³-hybridized carbons (Fsp3) is 0.467. The van der Waals surface area contributed by atoms with Crippen LogP contribution < -0.4 is 5.32 Å². The Hall–Kier alpha value is -2.04. The van der Waals surface area contributed by atoms with Gasteiger partial charge in [0.2, 0.25) is 0 Å². The molecule has 0 aromatic carbocycles. The predicted octanol–water partition coefficient (Wildman–Crippen LogP) is 2.05. The highest BCUT2D eigenvalue weighted by Gasteiger charge is 2.68. The minimum Gasteiger partial charge on any atom is -0.463 e. The number of hydrogen-bond acceptors (Lipinski definition) is 3. The van der Waals surface area contributed by atoms with Gasteiger partial charge in [-0.15, -0.1) is 0 Å². The Bertz CT molecular complexity index is 661. The van der Waals surface area contributed by atoms with Gasteiger partial charge in [0.15, 0.2) is 11.5 Å². The Balaban J connectivity index is 1.34. The Morgan fingerprint density at radius 2 is 2.25 bits per heavy atom. The van der Waals surface area contributed by atoms with Gasteiger partial charge >= 0.3 is 0 Å². The van der Waals surface area contributed by atoms with Crippen LogP contribution in [0, 0.1) is 23.7 Å². The van der Waals surface area contributed by atoms with Gasteiger partial charge < -0.3 is 9.73 Å². The van der Waals surface area contributed by atoms with Crippen LogP contribution in [0.1, 0.15) is 23.3 Å². The third kappa shape index (κ3) is 1.32. The lowest BCUT2D eigenvalue weighted by Gasteiger charge is -2.15. The molecule has 2 heterocycles. The van der Waals surface area contributed by atoms with E-state index in [1.165, 1.54) is 12.8 Å². The molecule has 20 heavy (non-hydrogen) atoms. The van der Waals surface area contributed by atoms with Crippen molar-refractivity contribution in [3.8, 4) is 11.5 Å². The summed E-state index contributed by atoms with van der Waals surface area (Å²) in [5.41, 5.74) is 1.18. The van der Waals surface area contributed by atoms with Gasteiger partial charge in [-0.3, -0.25) is 9.89 Å². The maximum atomic E-state index is 12.3.